The number of rotatable bonds is 5. The van der Waals surface area contributed by atoms with Crippen LogP contribution in [-0.4, -0.2) is 20.1 Å². The average molecular weight is 288 g/mol. The van der Waals surface area contributed by atoms with Crippen molar-refractivity contribution in [1.82, 2.24) is 5.43 Å². The summed E-state index contributed by atoms with van der Waals surface area (Å²) >= 11 is 0. The van der Waals surface area contributed by atoms with Crippen LogP contribution in [0.25, 0.3) is 0 Å². The summed E-state index contributed by atoms with van der Waals surface area (Å²) in [5.74, 6) is -0.523. The van der Waals surface area contributed by atoms with Crippen molar-refractivity contribution < 1.29 is 13.9 Å². The summed E-state index contributed by atoms with van der Waals surface area (Å²) in [4.78, 5) is 12.0. The zero-order valence-corrected chi connectivity index (χ0v) is 12.0. The molecular weight excluding hydrogens is 271 g/mol. The largest absolute Gasteiger partial charge is 0.494 e. The van der Waals surface area contributed by atoms with E-state index in [1.165, 1.54) is 19.2 Å². The van der Waals surface area contributed by atoms with Crippen molar-refractivity contribution in [3.63, 3.8) is 0 Å². The van der Waals surface area contributed by atoms with Gasteiger partial charge in [-0.3, -0.25) is 15.2 Å². The van der Waals surface area contributed by atoms with Gasteiger partial charge in [0.15, 0.2) is 11.6 Å². The van der Waals surface area contributed by atoms with Gasteiger partial charge in [0.05, 0.1) is 19.2 Å². The van der Waals surface area contributed by atoms with Crippen molar-refractivity contribution in [2.75, 3.05) is 19.2 Å². The Hall–Kier alpha value is -2.56. The number of anilines is 1. The fourth-order valence-electron chi connectivity index (χ4n) is 1.95. The maximum absolute atomic E-state index is 13.6. The van der Waals surface area contributed by atoms with Gasteiger partial charge in [0, 0.05) is 7.05 Å². The molecule has 0 unspecified atom stereocenters. The minimum absolute atomic E-state index is 0.0953. The summed E-state index contributed by atoms with van der Waals surface area (Å²) in [5.41, 5.74) is 4.19. The van der Waals surface area contributed by atoms with Crippen LogP contribution in [-0.2, 0) is 11.2 Å². The van der Waals surface area contributed by atoms with Gasteiger partial charge < -0.3 is 4.74 Å². The minimum atomic E-state index is -0.473. The molecule has 5 heteroatoms. The predicted molar refractivity (Wildman–Crippen MR) is 79.6 cm³/mol. The monoisotopic (exact) mass is 288 g/mol. The van der Waals surface area contributed by atoms with Crippen molar-refractivity contribution in [2.45, 2.75) is 6.42 Å². The molecule has 0 radical (unpaired) electrons. The molecule has 0 aromatic heterocycles. The molecule has 0 spiro atoms. The van der Waals surface area contributed by atoms with Gasteiger partial charge in [-0.1, -0.05) is 24.3 Å². The SMILES string of the molecule is COc1ccc(CC(=O)NN(C)c2ccccc2)cc1F. The second kappa shape index (κ2) is 6.74. The van der Waals surface area contributed by atoms with E-state index < -0.39 is 5.82 Å². The van der Waals surface area contributed by atoms with E-state index >= 15 is 0 Å². The van der Waals surface area contributed by atoms with Gasteiger partial charge in [0.1, 0.15) is 0 Å². The number of nitrogens with zero attached hydrogens (tertiary/aromatic N) is 1. The van der Waals surface area contributed by atoms with Gasteiger partial charge in [0.2, 0.25) is 5.91 Å². The summed E-state index contributed by atoms with van der Waals surface area (Å²) in [5, 5.41) is 1.63. The Balaban J connectivity index is 1.97. The van der Waals surface area contributed by atoms with Crippen LogP contribution in [0.4, 0.5) is 10.1 Å². The van der Waals surface area contributed by atoms with E-state index in [4.69, 9.17) is 4.74 Å². The molecule has 0 aliphatic rings. The van der Waals surface area contributed by atoms with Crippen LogP contribution < -0.4 is 15.2 Å². The number of carbonyl (C=O) groups is 1. The molecule has 0 bridgehead atoms. The lowest BCUT2D eigenvalue weighted by atomic mass is 10.1. The number of para-hydroxylation sites is 1. The van der Waals surface area contributed by atoms with Gasteiger partial charge in [-0.15, -0.1) is 0 Å². The van der Waals surface area contributed by atoms with Gasteiger partial charge in [-0.25, -0.2) is 4.39 Å². The van der Waals surface area contributed by atoms with E-state index in [2.05, 4.69) is 5.43 Å². The summed E-state index contributed by atoms with van der Waals surface area (Å²) in [6.45, 7) is 0. The standard InChI is InChI=1S/C16H17FN2O2/c1-19(13-6-4-3-5-7-13)18-16(20)11-12-8-9-15(21-2)14(17)10-12/h3-10H,11H2,1-2H3,(H,18,20). The third-order valence-electron chi connectivity index (χ3n) is 3.02. The van der Waals surface area contributed by atoms with Crippen LogP contribution in [0.1, 0.15) is 5.56 Å². The number of benzene rings is 2. The van der Waals surface area contributed by atoms with Crippen LogP contribution in [0.3, 0.4) is 0 Å². The predicted octanol–water partition coefficient (Wildman–Crippen LogP) is 2.54. The quantitative estimate of drug-likeness (QED) is 0.860. The molecule has 2 aromatic carbocycles. The van der Waals surface area contributed by atoms with E-state index in [0.717, 1.165) is 5.69 Å². The first-order chi connectivity index (χ1) is 10.1. The molecule has 1 N–H and O–H groups in total. The number of halogens is 1. The third kappa shape index (κ3) is 3.95. The number of hydrogen-bond acceptors (Lipinski definition) is 3. The van der Waals surface area contributed by atoms with Crippen molar-refractivity contribution in [2.24, 2.45) is 0 Å². The van der Waals surface area contributed by atoms with Crippen LogP contribution in [0, 0.1) is 5.82 Å². The molecule has 1 amide bonds. The summed E-state index contributed by atoms with van der Waals surface area (Å²) < 4.78 is 18.4. The van der Waals surface area contributed by atoms with Gasteiger partial charge in [0.25, 0.3) is 0 Å². The lowest BCUT2D eigenvalue weighted by Crippen LogP contribution is -2.40. The highest BCUT2D eigenvalue weighted by Gasteiger charge is 2.09. The molecule has 0 saturated carbocycles. The lowest BCUT2D eigenvalue weighted by Gasteiger charge is -2.20. The van der Waals surface area contributed by atoms with Crippen LogP contribution >= 0.6 is 0 Å². The Morgan fingerprint density at radius 2 is 1.95 bits per heavy atom. The Morgan fingerprint density at radius 1 is 1.24 bits per heavy atom. The number of hydrazine groups is 1. The number of nitrogens with one attached hydrogen (secondary N) is 1. The van der Waals surface area contributed by atoms with Crippen molar-refractivity contribution in [1.29, 1.82) is 0 Å². The Kier molecular flexibility index (Phi) is 4.77. The van der Waals surface area contributed by atoms with Crippen LogP contribution in [0.2, 0.25) is 0 Å². The molecule has 0 saturated heterocycles. The number of methoxy groups -OCH3 is 1. The van der Waals surface area contributed by atoms with Crippen molar-refractivity contribution in [3.05, 3.63) is 59.9 Å². The fourth-order valence-corrected chi connectivity index (χ4v) is 1.95. The highest BCUT2D eigenvalue weighted by Crippen LogP contribution is 2.18. The Labute approximate surface area is 123 Å². The first-order valence-electron chi connectivity index (χ1n) is 6.51. The number of ether oxygens (including phenoxy) is 1. The van der Waals surface area contributed by atoms with Crippen LogP contribution in [0.5, 0.6) is 5.75 Å². The minimum Gasteiger partial charge on any atom is -0.494 e. The second-order valence-corrected chi connectivity index (χ2v) is 4.58. The maximum Gasteiger partial charge on any atom is 0.242 e. The first-order valence-corrected chi connectivity index (χ1v) is 6.51. The molecule has 21 heavy (non-hydrogen) atoms. The summed E-state index contributed by atoms with van der Waals surface area (Å²) in [7, 11) is 3.15. The highest BCUT2D eigenvalue weighted by atomic mass is 19.1. The normalized spacial score (nSPS) is 10.0. The molecule has 0 heterocycles. The third-order valence-corrected chi connectivity index (χ3v) is 3.02. The Morgan fingerprint density at radius 3 is 2.57 bits per heavy atom. The van der Waals surface area contributed by atoms with Crippen molar-refractivity contribution >= 4 is 11.6 Å². The first kappa shape index (κ1) is 14.8. The molecule has 2 rings (SSSR count). The Bertz CT molecular complexity index is 617. The fraction of sp³-hybridized carbons (Fsp3) is 0.188. The van der Waals surface area contributed by atoms with Gasteiger partial charge in [-0.05, 0) is 29.8 Å². The molecule has 2 aromatic rings. The molecular formula is C16H17FN2O2. The van der Waals surface area contributed by atoms with E-state index in [-0.39, 0.29) is 18.1 Å². The zero-order valence-electron chi connectivity index (χ0n) is 12.0. The molecule has 0 fully saturated rings. The maximum atomic E-state index is 13.6. The number of carbonyl (C=O) groups excluding carboxylic acids is 1. The molecule has 110 valence electrons. The highest BCUT2D eigenvalue weighted by molar-refractivity contribution is 5.80. The van der Waals surface area contributed by atoms with E-state index in [9.17, 15) is 9.18 Å². The van der Waals surface area contributed by atoms with E-state index in [1.807, 2.05) is 30.3 Å². The number of hydrogen-bond donors (Lipinski definition) is 1. The molecule has 0 aliphatic heterocycles. The second-order valence-electron chi connectivity index (χ2n) is 4.58. The molecule has 0 atom stereocenters. The van der Waals surface area contributed by atoms with Gasteiger partial charge >= 0.3 is 0 Å². The summed E-state index contributed by atoms with van der Waals surface area (Å²) in [6.07, 6.45) is 0.0953. The molecule has 4 nitrogen and oxygen atoms in total. The van der Waals surface area contributed by atoms with Gasteiger partial charge in [-0.2, -0.15) is 0 Å². The zero-order chi connectivity index (χ0) is 15.2. The average Bonchev–Trinajstić information content (AvgIpc) is 2.48. The molecule has 0 aliphatic carbocycles. The smallest absolute Gasteiger partial charge is 0.242 e. The topological polar surface area (TPSA) is 41.6 Å². The van der Waals surface area contributed by atoms with Crippen LogP contribution in [0.15, 0.2) is 48.5 Å². The summed E-state index contributed by atoms with van der Waals surface area (Å²) in [6, 6.07) is 13.9. The van der Waals surface area contributed by atoms with Crippen molar-refractivity contribution in [3.8, 4) is 5.75 Å². The van der Waals surface area contributed by atoms with E-state index in [0.29, 0.717) is 5.56 Å². The van der Waals surface area contributed by atoms with E-state index in [1.54, 1.807) is 18.1 Å². The lowest BCUT2D eigenvalue weighted by molar-refractivity contribution is -0.120. The number of amides is 1.